The van der Waals surface area contributed by atoms with Gasteiger partial charge in [-0.3, -0.25) is 9.36 Å². The van der Waals surface area contributed by atoms with Crippen LogP contribution in [0.2, 0.25) is 0 Å². The quantitative estimate of drug-likeness (QED) is 0.330. The maximum Gasteiger partial charge on any atom is 0.340 e. The van der Waals surface area contributed by atoms with E-state index in [1.807, 2.05) is 44.4 Å². The predicted octanol–water partition coefficient (Wildman–Crippen LogP) is 3.91. The standard InChI is InChI=1S/C24H25N3O4/c1-5-31-24(29)20-15-27(18-11-13-19(30-4)14-12-18)23(28)22(25-16-26(2)3)21(20)17-9-7-6-8-10-17/h6-16H,5H2,1-4H3. The van der Waals surface area contributed by atoms with Crippen molar-refractivity contribution in [2.24, 2.45) is 4.99 Å². The molecule has 0 bridgehead atoms. The second-order valence-corrected chi connectivity index (χ2v) is 6.93. The summed E-state index contributed by atoms with van der Waals surface area (Å²) in [5.74, 6) is 0.138. The van der Waals surface area contributed by atoms with Crippen LogP contribution in [-0.2, 0) is 4.74 Å². The van der Waals surface area contributed by atoms with Crippen LogP contribution in [0.15, 0.2) is 70.6 Å². The van der Waals surface area contributed by atoms with Crippen molar-refractivity contribution >= 4 is 18.0 Å². The average Bonchev–Trinajstić information content (AvgIpc) is 2.78. The van der Waals surface area contributed by atoms with Gasteiger partial charge in [-0.25, -0.2) is 9.79 Å². The number of carbonyl (C=O) groups excluding carboxylic acids is 1. The molecule has 1 heterocycles. The normalized spacial score (nSPS) is 10.8. The van der Waals surface area contributed by atoms with Gasteiger partial charge in [0.2, 0.25) is 0 Å². The second-order valence-electron chi connectivity index (χ2n) is 6.93. The summed E-state index contributed by atoms with van der Waals surface area (Å²) in [4.78, 5) is 32.6. The van der Waals surface area contributed by atoms with Crippen LogP contribution >= 0.6 is 0 Å². The fourth-order valence-corrected chi connectivity index (χ4v) is 3.09. The lowest BCUT2D eigenvalue weighted by atomic mass is 9.99. The van der Waals surface area contributed by atoms with E-state index in [4.69, 9.17) is 9.47 Å². The first-order valence-electron chi connectivity index (χ1n) is 9.83. The summed E-state index contributed by atoms with van der Waals surface area (Å²) in [6.45, 7) is 1.95. The van der Waals surface area contributed by atoms with Gasteiger partial charge in [0, 0.05) is 31.5 Å². The van der Waals surface area contributed by atoms with Crippen LogP contribution in [0.4, 0.5) is 5.69 Å². The lowest BCUT2D eigenvalue weighted by Gasteiger charge is -2.16. The number of rotatable bonds is 7. The maximum atomic E-state index is 13.5. The molecule has 3 rings (SSSR count). The van der Waals surface area contributed by atoms with E-state index in [9.17, 15) is 9.59 Å². The van der Waals surface area contributed by atoms with Crippen molar-refractivity contribution in [1.29, 1.82) is 0 Å². The largest absolute Gasteiger partial charge is 0.497 e. The van der Waals surface area contributed by atoms with Crippen molar-refractivity contribution in [1.82, 2.24) is 9.47 Å². The Morgan fingerprint density at radius 3 is 2.35 bits per heavy atom. The first-order chi connectivity index (χ1) is 15.0. The summed E-state index contributed by atoms with van der Waals surface area (Å²) in [6.07, 6.45) is 3.05. The van der Waals surface area contributed by atoms with Crippen molar-refractivity contribution in [2.75, 3.05) is 27.8 Å². The highest BCUT2D eigenvalue weighted by atomic mass is 16.5. The lowest BCUT2D eigenvalue weighted by molar-refractivity contribution is 0.0526. The summed E-state index contributed by atoms with van der Waals surface area (Å²) in [5, 5.41) is 0. The fraction of sp³-hybridized carbons (Fsp3) is 0.208. The van der Waals surface area contributed by atoms with Crippen LogP contribution < -0.4 is 10.3 Å². The third kappa shape index (κ3) is 4.83. The van der Waals surface area contributed by atoms with Gasteiger partial charge >= 0.3 is 5.97 Å². The number of hydrogen-bond donors (Lipinski definition) is 0. The van der Waals surface area contributed by atoms with Gasteiger partial charge in [-0.2, -0.15) is 0 Å². The molecule has 31 heavy (non-hydrogen) atoms. The molecular formula is C24H25N3O4. The predicted molar refractivity (Wildman–Crippen MR) is 122 cm³/mol. The van der Waals surface area contributed by atoms with E-state index in [-0.39, 0.29) is 23.4 Å². The Kier molecular flexibility index (Phi) is 6.87. The van der Waals surface area contributed by atoms with Crippen LogP contribution in [0.3, 0.4) is 0 Å². The number of pyridine rings is 1. The summed E-state index contributed by atoms with van der Waals surface area (Å²) >= 11 is 0. The zero-order chi connectivity index (χ0) is 22.4. The van der Waals surface area contributed by atoms with Gasteiger partial charge in [0.25, 0.3) is 5.56 Å². The maximum absolute atomic E-state index is 13.5. The van der Waals surface area contributed by atoms with E-state index in [2.05, 4.69) is 4.99 Å². The minimum absolute atomic E-state index is 0.154. The summed E-state index contributed by atoms with van der Waals surface area (Å²) in [7, 11) is 5.19. The molecule has 0 saturated heterocycles. The van der Waals surface area contributed by atoms with Gasteiger partial charge in [-0.05, 0) is 36.8 Å². The molecule has 0 aliphatic rings. The van der Waals surface area contributed by atoms with E-state index >= 15 is 0 Å². The van der Waals surface area contributed by atoms with Crippen molar-refractivity contribution in [3.63, 3.8) is 0 Å². The topological polar surface area (TPSA) is 73.1 Å². The van der Waals surface area contributed by atoms with Crippen LogP contribution in [0.1, 0.15) is 17.3 Å². The number of esters is 1. The number of hydrogen-bond acceptors (Lipinski definition) is 5. The number of ether oxygens (including phenoxy) is 2. The molecule has 0 aliphatic carbocycles. The Morgan fingerprint density at radius 2 is 1.77 bits per heavy atom. The van der Waals surface area contributed by atoms with Crippen molar-refractivity contribution < 1.29 is 14.3 Å². The van der Waals surface area contributed by atoms with Crippen LogP contribution in [0.25, 0.3) is 16.8 Å². The third-order valence-electron chi connectivity index (χ3n) is 4.51. The van der Waals surface area contributed by atoms with Gasteiger partial charge in [0.15, 0.2) is 0 Å². The molecule has 0 unspecified atom stereocenters. The van der Waals surface area contributed by atoms with Crippen molar-refractivity contribution in [3.05, 3.63) is 76.7 Å². The molecule has 0 aliphatic heterocycles. The van der Waals surface area contributed by atoms with Gasteiger partial charge in [0.05, 0.1) is 25.6 Å². The highest BCUT2D eigenvalue weighted by molar-refractivity contribution is 6.00. The zero-order valence-electron chi connectivity index (χ0n) is 18.0. The molecule has 0 atom stereocenters. The van der Waals surface area contributed by atoms with Gasteiger partial charge in [0.1, 0.15) is 11.4 Å². The van der Waals surface area contributed by atoms with Gasteiger partial charge < -0.3 is 14.4 Å². The van der Waals surface area contributed by atoms with E-state index in [1.54, 1.807) is 43.2 Å². The minimum Gasteiger partial charge on any atom is -0.497 e. The Labute approximate surface area is 181 Å². The molecule has 0 N–H and O–H groups in total. The number of carbonyl (C=O) groups is 1. The first kappa shape index (κ1) is 21.8. The molecule has 2 aromatic carbocycles. The fourth-order valence-electron chi connectivity index (χ4n) is 3.09. The second kappa shape index (κ2) is 9.75. The summed E-state index contributed by atoms with van der Waals surface area (Å²) in [6, 6.07) is 16.2. The van der Waals surface area contributed by atoms with E-state index in [0.717, 1.165) is 0 Å². The van der Waals surface area contributed by atoms with Crippen LogP contribution in [0.5, 0.6) is 5.75 Å². The van der Waals surface area contributed by atoms with Crippen LogP contribution in [0, 0.1) is 0 Å². The Morgan fingerprint density at radius 1 is 1.10 bits per heavy atom. The van der Waals surface area contributed by atoms with E-state index in [0.29, 0.717) is 22.6 Å². The molecule has 7 nitrogen and oxygen atoms in total. The Balaban J connectivity index is 2.36. The molecule has 0 radical (unpaired) electrons. The average molecular weight is 419 g/mol. The molecule has 1 aromatic heterocycles. The molecular weight excluding hydrogens is 394 g/mol. The molecule has 0 saturated carbocycles. The monoisotopic (exact) mass is 419 g/mol. The number of nitrogens with zero attached hydrogens (tertiary/aromatic N) is 3. The van der Waals surface area contributed by atoms with Crippen molar-refractivity contribution in [3.8, 4) is 22.6 Å². The lowest BCUT2D eigenvalue weighted by Crippen LogP contribution is -2.22. The van der Waals surface area contributed by atoms with E-state index < -0.39 is 5.97 Å². The molecule has 0 spiro atoms. The molecule has 0 amide bonds. The Bertz CT molecular complexity index is 1130. The van der Waals surface area contributed by atoms with Gasteiger partial charge in [-0.1, -0.05) is 30.3 Å². The van der Waals surface area contributed by atoms with Crippen LogP contribution in [-0.4, -0.2) is 49.6 Å². The summed E-state index contributed by atoms with van der Waals surface area (Å²) in [5.41, 5.74) is 1.78. The Hall–Kier alpha value is -3.87. The third-order valence-corrected chi connectivity index (χ3v) is 4.51. The number of aromatic nitrogens is 1. The van der Waals surface area contributed by atoms with Gasteiger partial charge in [-0.15, -0.1) is 0 Å². The molecule has 3 aromatic rings. The SMILES string of the molecule is CCOC(=O)c1cn(-c2ccc(OC)cc2)c(=O)c(N=CN(C)C)c1-c1ccccc1. The molecule has 7 heteroatoms. The number of methoxy groups -OCH3 is 1. The smallest absolute Gasteiger partial charge is 0.340 e. The van der Waals surface area contributed by atoms with E-state index in [1.165, 1.54) is 17.1 Å². The first-order valence-corrected chi connectivity index (χ1v) is 9.83. The number of aliphatic imine (C=N–C) groups is 1. The number of benzene rings is 2. The molecule has 0 fully saturated rings. The molecule has 160 valence electrons. The highest BCUT2D eigenvalue weighted by Gasteiger charge is 2.23. The summed E-state index contributed by atoms with van der Waals surface area (Å²) < 4.78 is 11.9. The van der Waals surface area contributed by atoms with Crippen molar-refractivity contribution in [2.45, 2.75) is 6.92 Å². The minimum atomic E-state index is -0.523. The zero-order valence-corrected chi connectivity index (χ0v) is 18.0. The highest BCUT2D eigenvalue weighted by Crippen LogP contribution is 2.32.